The van der Waals surface area contributed by atoms with E-state index in [-0.39, 0.29) is 76.4 Å². The number of nitrogens with two attached hydrogens (primary N) is 1. The molecule has 2 unspecified atom stereocenters. The normalized spacial score (nSPS) is 47.3. The Morgan fingerprint density at radius 2 is 1.50 bits per heavy atom. The summed E-state index contributed by atoms with van der Waals surface area (Å²) in [4.78, 5) is 61.5. The van der Waals surface area contributed by atoms with E-state index in [9.17, 15) is 14.4 Å². The molecule has 2 N–H and O–H groups in total. The largest absolute Gasteiger partial charge is 0.462 e. The zero-order valence-electron chi connectivity index (χ0n) is 28.8. The molecule has 6 fully saturated rings. The van der Waals surface area contributed by atoms with Gasteiger partial charge >= 0.3 is 11.9 Å². The Bertz CT molecular complexity index is 1160. The predicted octanol–water partition coefficient (Wildman–Crippen LogP) is 6.53. The van der Waals surface area contributed by atoms with Crippen LogP contribution >= 0.6 is 0 Å². The first kappa shape index (κ1) is 34.1. The maximum Gasteiger partial charge on any atom is 0.302 e. The Morgan fingerprint density at radius 3 is 2.11 bits per heavy atom. The van der Waals surface area contributed by atoms with Crippen molar-refractivity contribution < 1.29 is 43.4 Å². The third-order valence-electron chi connectivity index (χ3n) is 14.1. The zero-order valence-corrected chi connectivity index (χ0v) is 28.8. The van der Waals surface area contributed by atoms with Crippen molar-refractivity contribution in [3.05, 3.63) is 0 Å². The summed E-state index contributed by atoms with van der Waals surface area (Å²) in [6, 6.07) is 0. The van der Waals surface area contributed by atoms with E-state index in [1.807, 2.05) is 0 Å². The van der Waals surface area contributed by atoms with Crippen molar-refractivity contribution in [2.75, 3.05) is 0 Å². The highest BCUT2D eigenvalue weighted by molar-refractivity contribution is 5.73. The summed E-state index contributed by atoms with van der Waals surface area (Å²) in [6.07, 6.45) is 10.6. The van der Waals surface area contributed by atoms with E-state index in [4.69, 9.17) is 34.8 Å². The van der Waals surface area contributed by atoms with Crippen molar-refractivity contribution in [1.29, 1.82) is 0 Å². The molecule has 1 amide bonds. The smallest absolute Gasteiger partial charge is 0.302 e. The van der Waals surface area contributed by atoms with E-state index in [0.717, 1.165) is 51.4 Å². The summed E-state index contributed by atoms with van der Waals surface area (Å²) < 4.78 is 12.5. The maximum atomic E-state index is 12.6. The molecule has 10 atom stereocenters. The molecule has 10 heteroatoms. The molecular formula is C36H57NO9. The molecule has 0 bridgehead atoms. The van der Waals surface area contributed by atoms with E-state index in [0.29, 0.717) is 44.4 Å². The lowest BCUT2D eigenvalue weighted by Gasteiger charge is -2.65. The lowest BCUT2D eigenvalue weighted by atomic mass is 9.42. The minimum Gasteiger partial charge on any atom is -0.462 e. The number of esters is 2. The molecule has 0 aromatic heterocycles. The van der Waals surface area contributed by atoms with Crippen LogP contribution in [0.1, 0.15) is 131 Å². The van der Waals surface area contributed by atoms with Crippen LogP contribution in [0.3, 0.4) is 0 Å². The first-order chi connectivity index (χ1) is 21.7. The molecule has 6 rings (SSSR count). The average Bonchev–Trinajstić information content (AvgIpc) is 3.37. The van der Waals surface area contributed by atoms with Gasteiger partial charge in [0.2, 0.25) is 17.5 Å². The van der Waals surface area contributed by atoms with Gasteiger partial charge in [-0.25, -0.2) is 0 Å². The molecule has 5 aliphatic carbocycles. The minimum atomic E-state index is -1.00. The molecule has 5 saturated carbocycles. The van der Waals surface area contributed by atoms with Crippen LogP contribution in [0.2, 0.25) is 0 Å². The van der Waals surface area contributed by atoms with Crippen molar-refractivity contribution in [2.24, 2.45) is 58.0 Å². The molecule has 1 aliphatic heterocycles. The van der Waals surface area contributed by atoms with Gasteiger partial charge in [-0.1, -0.05) is 34.1 Å². The van der Waals surface area contributed by atoms with Crippen LogP contribution in [0.25, 0.3) is 0 Å². The zero-order chi connectivity index (χ0) is 33.1. The highest BCUT2D eigenvalue weighted by atomic mass is 17.4. The highest BCUT2D eigenvalue weighted by Crippen LogP contribution is 2.70. The third-order valence-corrected chi connectivity index (χ3v) is 14.1. The van der Waals surface area contributed by atoms with Crippen LogP contribution in [-0.4, -0.2) is 41.6 Å². The fourth-order valence-corrected chi connectivity index (χ4v) is 11.5. The van der Waals surface area contributed by atoms with Gasteiger partial charge in [0.15, 0.2) is 0 Å². The molecular weight excluding hydrogens is 590 g/mol. The Hall–Kier alpha value is -1.75. The lowest BCUT2D eigenvalue weighted by Crippen LogP contribution is -2.65. The van der Waals surface area contributed by atoms with Gasteiger partial charge in [-0.3, -0.25) is 14.4 Å². The Morgan fingerprint density at radius 1 is 0.848 bits per heavy atom. The summed E-state index contributed by atoms with van der Waals surface area (Å²) in [5.74, 6) is -0.833. The van der Waals surface area contributed by atoms with Gasteiger partial charge in [0.05, 0.1) is 0 Å². The average molecular weight is 648 g/mol. The van der Waals surface area contributed by atoms with E-state index >= 15 is 0 Å². The number of carbonyl (C=O) groups excluding carboxylic acids is 3. The van der Waals surface area contributed by atoms with Gasteiger partial charge in [-0.15, -0.1) is 0 Å². The van der Waals surface area contributed by atoms with Crippen molar-refractivity contribution in [3.8, 4) is 0 Å². The third kappa shape index (κ3) is 5.91. The summed E-state index contributed by atoms with van der Waals surface area (Å²) >= 11 is 0. The number of primary amides is 1. The maximum absolute atomic E-state index is 12.6. The number of fused-ring (bicyclic) bond motifs is 5. The second kappa shape index (κ2) is 12.6. The monoisotopic (exact) mass is 647 g/mol. The standard InChI is InChI=1S/C36H57NO9/c1-7-24-12-14-35(15-13-24)43-45-36(46-44-35)17-16-33(5)25(20-36)18-29(41-22(3)38)32-27-10-9-26(21(2)8-11-31(37)40)34(27,6)30(19-28(32)33)42-23(4)39/h21,24-30,32H,7-20H2,1-6H3,(H2,37,40)/t21?,24?,25-,26?,27+,28+,29-,30+,32+,33+,34-,35?,36?/m1/s1. The first-order valence-corrected chi connectivity index (χ1v) is 18.1. The van der Waals surface area contributed by atoms with E-state index in [1.54, 1.807) is 0 Å². The van der Waals surface area contributed by atoms with Crippen molar-refractivity contribution >= 4 is 17.8 Å². The predicted molar refractivity (Wildman–Crippen MR) is 167 cm³/mol. The second-order valence-corrected chi connectivity index (χ2v) is 16.5. The number of hydrogen-bond acceptors (Lipinski definition) is 9. The summed E-state index contributed by atoms with van der Waals surface area (Å²) in [6.45, 7) is 12.1. The van der Waals surface area contributed by atoms with Gasteiger partial charge < -0.3 is 15.2 Å². The molecule has 0 radical (unpaired) electrons. The van der Waals surface area contributed by atoms with E-state index in [2.05, 4.69) is 27.7 Å². The fraction of sp³-hybridized carbons (Fsp3) is 0.917. The first-order valence-electron chi connectivity index (χ1n) is 18.1. The van der Waals surface area contributed by atoms with Crippen molar-refractivity contribution in [2.45, 2.75) is 155 Å². The fourth-order valence-electron chi connectivity index (χ4n) is 11.5. The van der Waals surface area contributed by atoms with Crippen molar-refractivity contribution in [3.63, 3.8) is 0 Å². The van der Waals surface area contributed by atoms with Crippen LogP contribution in [0.5, 0.6) is 0 Å². The summed E-state index contributed by atoms with van der Waals surface area (Å²) in [5.41, 5.74) is 5.12. The Labute approximate surface area is 274 Å². The van der Waals surface area contributed by atoms with Crippen LogP contribution in [0.15, 0.2) is 0 Å². The molecule has 10 nitrogen and oxygen atoms in total. The van der Waals surface area contributed by atoms with Gasteiger partial charge in [-0.05, 0) is 92.3 Å². The molecule has 2 spiro atoms. The second-order valence-electron chi connectivity index (χ2n) is 16.5. The lowest BCUT2D eigenvalue weighted by molar-refractivity contribution is -0.665. The van der Waals surface area contributed by atoms with Crippen LogP contribution in [0.4, 0.5) is 0 Å². The number of carbonyl (C=O) groups is 3. The molecule has 46 heavy (non-hydrogen) atoms. The van der Waals surface area contributed by atoms with Gasteiger partial charge in [-0.2, -0.15) is 19.6 Å². The molecule has 1 heterocycles. The van der Waals surface area contributed by atoms with Crippen molar-refractivity contribution in [1.82, 2.24) is 0 Å². The SMILES string of the molecule is CCC1CCC2(CC1)OOC1(CC[C@@]3(C)[C@H](C[C@@H](OC(C)=O)[C@@H]4[C@@H]3C[C@H](OC(C)=O)[C@]3(C)C(C(C)CCC(N)=O)CC[C@@H]43)C1)OO2. The molecule has 0 aromatic carbocycles. The van der Waals surface area contributed by atoms with Crippen LogP contribution in [0, 0.1) is 52.3 Å². The van der Waals surface area contributed by atoms with Crippen LogP contribution in [-0.2, 0) is 43.4 Å². The number of amides is 1. The van der Waals surface area contributed by atoms with Gasteiger partial charge in [0.1, 0.15) is 12.2 Å². The molecule has 1 saturated heterocycles. The molecule has 0 aromatic rings. The topological polar surface area (TPSA) is 133 Å². The van der Waals surface area contributed by atoms with E-state index < -0.39 is 11.6 Å². The Balaban J connectivity index is 1.26. The number of rotatable bonds is 7. The van der Waals surface area contributed by atoms with Gasteiger partial charge in [0.25, 0.3) is 0 Å². The molecule has 260 valence electrons. The summed E-state index contributed by atoms with van der Waals surface area (Å²) in [7, 11) is 0. The molecule has 6 aliphatic rings. The Kier molecular flexibility index (Phi) is 9.35. The van der Waals surface area contributed by atoms with Crippen LogP contribution < -0.4 is 5.73 Å². The number of ether oxygens (including phenoxy) is 2. The number of hydrogen-bond donors (Lipinski definition) is 1. The minimum absolute atomic E-state index is 0.108. The van der Waals surface area contributed by atoms with Gasteiger partial charge in [0, 0.05) is 57.3 Å². The summed E-state index contributed by atoms with van der Waals surface area (Å²) in [5, 5.41) is 0. The quantitative estimate of drug-likeness (QED) is 0.242. The van der Waals surface area contributed by atoms with E-state index in [1.165, 1.54) is 13.8 Å². The highest BCUT2D eigenvalue weighted by Gasteiger charge is 2.69.